The molecular weight excluding hydrogens is 232 g/mol. The Morgan fingerprint density at radius 2 is 2.22 bits per heavy atom. The summed E-state index contributed by atoms with van der Waals surface area (Å²) in [6, 6.07) is 5.40. The largest absolute Gasteiger partial charge is 0.373 e. The van der Waals surface area contributed by atoms with Crippen LogP contribution in [0.1, 0.15) is 31.5 Å². The van der Waals surface area contributed by atoms with Gasteiger partial charge in [-0.15, -0.1) is 0 Å². The van der Waals surface area contributed by atoms with Gasteiger partial charge in [0.05, 0.1) is 0 Å². The van der Waals surface area contributed by atoms with Gasteiger partial charge in [-0.05, 0) is 18.1 Å². The molecule has 0 bridgehead atoms. The summed E-state index contributed by atoms with van der Waals surface area (Å²) in [7, 11) is 1.61. The molecule has 0 aliphatic carbocycles. The van der Waals surface area contributed by atoms with Crippen LogP contribution in [0.5, 0.6) is 0 Å². The van der Waals surface area contributed by atoms with Gasteiger partial charge in [-0.2, -0.15) is 10.2 Å². The van der Waals surface area contributed by atoms with Crippen molar-refractivity contribution >= 4 is 0 Å². The molecule has 2 aromatic rings. The lowest BCUT2D eigenvalue weighted by molar-refractivity contribution is 0.0556. The molecule has 2 rings (SSSR count). The maximum Gasteiger partial charge on any atom is 0.274 e. The first-order valence-corrected chi connectivity index (χ1v) is 5.61. The fraction of sp³-hybridized carbons (Fsp3) is 0.417. The lowest BCUT2D eigenvalue weighted by Gasteiger charge is -2.14. The summed E-state index contributed by atoms with van der Waals surface area (Å²) in [5, 5.41) is 12.6. The maximum absolute atomic E-state index is 8.73. The van der Waals surface area contributed by atoms with Crippen molar-refractivity contribution in [2.75, 3.05) is 7.11 Å². The average molecular weight is 246 g/mol. The molecule has 0 radical (unpaired) electrons. The molecule has 6 nitrogen and oxygen atoms in total. The lowest BCUT2D eigenvalue weighted by Crippen LogP contribution is -2.10. The summed E-state index contributed by atoms with van der Waals surface area (Å²) in [6.45, 7) is 4.04. The highest BCUT2D eigenvalue weighted by atomic mass is 16.5. The number of ether oxygens (including phenoxy) is 1. The Hall–Kier alpha value is -2.13. The number of rotatable bonds is 4. The molecule has 2 aromatic heterocycles. The first-order valence-electron chi connectivity index (χ1n) is 5.61. The van der Waals surface area contributed by atoms with E-state index in [0.717, 1.165) is 0 Å². The van der Waals surface area contributed by atoms with Gasteiger partial charge >= 0.3 is 0 Å². The van der Waals surface area contributed by atoms with Gasteiger partial charge in [0.1, 0.15) is 23.6 Å². The molecule has 6 heteroatoms. The van der Waals surface area contributed by atoms with Crippen molar-refractivity contribution in [3.8, 4) is 17.7 Å². The standard InChI is InChI=1S/C12H14N4O2/c1-7(2)10(17-3)11-15-12(18-16-11)9-5-4-8(6-13)14-9/h4-5,7,10,14H,1-3H3. The summed E-state index contributed by atoms with van der Waals surface area (Å²) in [6.07, 6.45) is -0.201. The number of nitrogens with one attached hydrogen (secondary N) is 1. The number of hydrogen-bond donors (Lipinski definition) is 1. The fourth-order valence-electron chi connectivity index (χ4n) is 1.72. The van der Waals surface area contributed by atoms with Crippen LogP contribution < -0.4 is 0 Å². The summed E-state index contributed by atoms with van der Waals surface area (Å²) in [5.74, 6) is 1.11. The number of hydrogen-bond acceptors (Lipinski definition) is 5. The van der Waals surface area contributed by atoms with Crippen molar-refractivity contribution in [1.82, 2.24) is 15.1 Å². The van der Waals surface area contributed by atoms with Crippen molar-refractivity contribution in [3.05, 3.63) is 23.7 Å². The van der Waals surface area contributed by atoms with E-state index in [-0.39, 0.29) is 12.0 Å². The number of methoxy groups -OCH3 is 1. The highest BCUT2D eigenvalue weighted by molar-refractivity contribution is 5.49. The summed E-state index contributed by atoms with van der Waals surface area (Å²) in [5.41, 5.74) is 1.08. The molecule has 0 aromatic carbocycles. The van der Waals surface area contributed by atoms with Gasteiger partial charge in [0.25, 0.3) is 5.89 Å². The zero-order chi connectivity index (χ0) is 13.1. The van der Waals surface area contributed by atoms with E-state index in [2.05, 4.69) is 15.1 Å². The Bertz CT molecular complexity index is 565. The number of nitrogens with zero attached hydrogens (tertiary/aromatic N) is 3. The SMILES string of the molecule is COC(c1noc(-c2ccc(C#N)[nH]2)n1)C(C)C. The van der Waals surface area contributed by atoms with Gasteiger partial charge in [-0.1, -0.05) is 19.0 Å². The van der Waals surface area contributed by atoms with E-state index in [9.17, 15) is 0 Å². The average Bonchev–Trinajstić information content (AvgIpc) is 2.96. The van der Waals surface area contributed by atoms with Crippen LogP contribution in [0.2, 0.25) is 0 Å². The molecule has 1 unspecified atom stereocenters. The Labute approximate surface area is 105 Å². The zero-order valence-electron chi connectivity index (χ0n) is 10.5. The van der Waals surface area contributed by atoms with Crippen molar-refractivity contribution < 1.29 is 9.26 Å². The van der Waals surface area contributed by atoms with E-state index in [4.69, 9.17) is 14.5 Å². The lowest BCUT2D eigenvalue weighted by atomic mass is 10.1. The third-order valence-corrected chi connectivity index (χ3v) is 2.59. The molecule has 0 fully saturated rings. The van der Waals surface area contributed by atoms with Gasteiger partial charge in [0, 0.05) is 7.11 Å². The van der Waals surface area contributed by atoms with Gasteiger partial charge in [-0.25, -0.2) is 0 Å². The molecule has 0 amide bonds. The first kappa shape index (κ1) is 12.3. The van der Waals surface area contributed by atoms with Crippen LogP contribution in [-0.4, -0.2) is 22.2 Å². The van der Waals surface area contributed by atoms with Crippen LogP contribution in [0, 0.1) is 17.2 Å². The number of aromatic nitrogens is 3. The third kappa shape index (κ3) is 2.26. The van der Waals surface area contributed by atoms with Crippen LogP contribution >= 0.6 is 0 Å². The normalized spacial score (nSPS) is 12.6. The molecule has 1 atom stereocenters. The van der Waals surface area contributed by atoms with E-state index < -0.39 is 0 Å². The Kier molecular flexibility index (Phi) is 3.44. The van der Waals surface area contributed by atoms with Crippen molar-refractivity contribution in [3.63, 3.8) is 0 Å². The maximum atomic E-state index is 8.73. The van der Waals surface area contributed by atoms with Gasteiger partial charge < -0.3 is 14.2 Å². The fourth-order valence-corrected chi connectivity index (χ4v) is 1.72. The van der Waals surface area contributed by atoms with Crippen LogP contribution in [0.4, 0.5) is 0 Å². The number of nitriles is 1. The molecule has 18 heavy (non-hydrogen) atoms. The summed E-state index contributed by atoms with van der Waals surface area (Å²) in [4.78, 5) is 7.16. The molecule has 94 valence electrons. The molecular formula is C12H14N4O2. The Morgan fingerprint density at radius 3 is 2.78 bits per heavy atom. The Balaban J connectivity index is 2.27. The second-order valence-electron chi connectivity index (χ2n) is 4.26. The minimum absolute atomic E-state index is 0.201. The monoisotopic (exact) mass is 246 g/mol. The van der Waals surface area contributed by atoms with E-state index >= 15 is 0 Å². The van der Waals surface area contributed by atoms with Crippen molar-refractivity contribution in [2.24, 2.45) is 5.92 Å². The molecule has 0 aliphatic rings. The van der Waals surface area contributed by atoms with Crippen LogP contribution in [0.3, 0.4) is 0 Å². The molecule has 1 N–H and O–H groups in total. The number of aromatic amines is 1. The second-order valence-corrected chi connectivity index (χ2v) is 4.26. The van der Waals surface area contributed by atoms with Crippen LogP contribution in [-0.2, 0) is 4.74 Å². The van der Waals surface area contributed by atoms with Gasteiger partial charge in [-0.3, -0.25) is 0 Å². The third-order valence-electron chi connectivity index (χ3n) is 2.59. The first-order chi connectivity index (χ1) is 8.65. The minimum Gasteiger partial charge on any atom is -0.373 e. The summed E-state index contributed by atoms with van der Waals surface area (Å²) < 4.78 is 10.5. The molecule has 0 saturated heterocycles. The quantitative estimate of drug-likeness (QED) is 0.894. The predicted molar refractivity (Wildman–Crippen MR) is 63.4 cm³/mol. The van der Waals surface area contributed by atoms with Gasteiger partial charge in [0.2, 0.25) is 5.82 Å². The van der Waals surface area contributed by atoms with E-state index in [1.165, 1.54) is 0 Å². The van der Waals surface area contributed by atoms with Crippen molar-refractivity contribution in [1.29, 1.82) is 5.26 Å². The minimum atomic E-state index is -0.201. The number of H-pyrrole nitrogens is 1. The van der Waals surface area contributed by atoms with E-state index in [1.54, 1.807) is 19.2 Å². The highest BCUT2D eigenvalue weighted by Gasteiger charge is 2.22. The van der Waals surface area contributed by atoms with Gasteiger partial charge in [0.15, 0.2) is 0 Å². The smallest absolute Gasteiger partial charge is 0.274 e. The molecule has 0 saturated carbocycles. The molecule has 0 aliphatic heterocycles. The predicted octanol–water partition coefficient (Wildman–Crippen LogP) is 2.28. The zero-order valence-corrected chi connectivity index (χ0v) is 10.5. The van der Waals surface area contributed by atoms with E-state index in [0.29, 0.717) is 23.1 Å². The van der Waals surface area contributed by atoms with Crippen LogP contribution in [0.25, 0.3) is 11.6 Å². The topological polar surface area (TPSA) is 87.7 Å². The van der Waals surface area contributed by atoms with Crippen LogP contribution in [0.15, 0.2) is 16.7 Å². The summed E-state index contributed by atoms with van der Waals surface area (Å²) >= 11 is 0. The molecule has 0 spiro atoms. The second kappa shape index (κ2) is 5.02. The Morgan fingerprint density at radius 1 is 1.44 bits per heavy atom. The van der Waals surface area contributed by atoms with E-state index in [1.807, 2.05) is 19.9 Å². The highest BCUT2D eigenvalue weighted by Crippen LogP contribution is 2.25. The van der Waals surface area contributed by atoms with Crippen molar-refractivity contribution in [2.45, 2.75) is 20.0 Å². The molecule has 2 heterocycles.